The second kappa shape index (κ2) is 4.91. The molecule has 0 aromatic carbocycles. The first kappa shape index (κ1) is 14.5. The second-order valence-electron chi connectivity index (χ2n) is 7.39. The van der Waals surface area contributed by atoms with Crippen LogP contribution in [0.4, 0.5) is 0 Å². The molecule has 0 aromatic rings. The third kappa shape index (κ3) is 2.18. The van der Waals surface area contributed by atoms with Gasteiger partial charge >= 0.3 is 0 Å². The molecule has 1 atom stereocenters. The standard InChI is InChI=1S/C15H30O2Si/c1-14(2,16)15(11-7-8-12-17-15)18(3,4)13-9-5-6-10-13/h13,16H,5-12H2,1-4H3. The highest BCUT2D eigenvalue weighted by Crippen LogP contribution is 2.51. The molecule has 106 valence electrons. The molecular weight excluding hydrogens is 240 g/mol. The van der Waals surface area contributed by atoms with E-state index in [4.69, 9.17) is 4.74 Å². The predicted octanol–water partition coefficient (Wildman–Crippen LogP) is 3.89. The molecule has 0 aromatic heterocycles. The molecule has 18 heavy (non-hydrogen) atoms. The van der Waals surface area contributed by atoms with Gasteiger partial charge in [0.1, 0.15) is 0 Å². The van der Waals surface area contributed by atoms with Gasteiger partial charge in [0, 0.05) is 6.61 Å². The zero-order valence-electron chi connectivity index (χ0n) is 12.6. The molecule has 1 unspecified atom stereocenters. The lowest BCUT2D eigenvalue weighted by Gasteiger charge is -2.56. The molecular formula is C15H30O2Si. The van der Waals surface area contributed by atoms with E-state index in [1.54, 1.807) is 0 Å². The summed E-state index contributed by atoms with van der Waals surface area (Å²) in [5.41, 5.74) is 0.133. The second-order valence-corrected chi connectivity index (χ2v) is 12.5. The Balaban J connectivity index is 2.32. The lowest BCUT2D eigenvalue weighted by molar-refractivity contribution is -0.145. The summed E-state index contributed by atoms with van der Waals surface area (Å²) in [6, 6.07) is 0. The first-order chi connectivity index (χ1) is 8.31. The maximum absolute atomic E-state index is 10.8. The van der Waals surface area contributed by atoms with Crippen LogP contribution in [0.25, 0.3) is 0 Å². The highest BCUT2D eigenvalue weighted by atomic mass is 28.3. The van der Waals surface area contributed by atoms with Crippen LogP contribution in [0.15, 0.2) is 0 Å². The molecule has 2 fully saturated rings. The van der Waals surface area contributed by atoms with E-state index in [0.29, 0.717) is 0 Å². The van der Waals surface area contributed by atoms with Crippen LogP contribution in [-0.4, -0.2) is 30.6 Å². The van der Waals surface area contributed by atoms with Crippen LogP contribution in [0.5, 0.6) is 0 Å². The largest absolute Gasteiger partial charge is 0.388 e. The van der Waals surface area contributed by atoms with Crippen LogP contribution in [0.2, 0.25) is 18.6 Å². The average molecular weight is 270 g/mol. The average Bonchev–Trinajstić information content (AvgIpc) is 2.82. The van der Waals surface area contributed by atoms with Gasteiger partial charge in [0.15, 0.2) is 0 Å². The van der Waals surface area contributed by atoms with Gasteiger partial charge in [-0.05, 0) is 38.7 Å². The molecule has 0 bridgehead atoms. The summed E-state index contributed by atoms with van der Waals surface area (Å²) in [5, 5.41) is 10.6. The zero-order valence-corrected chi connectivity index (χ0v) is 13.6. The monoisotopic (exact) mass is 270 g/mol. The summed E-state index contributed by atoms with van der Waals surface area (Å²) in [6.45, 7) is 9.72. The number of aliphatic hydroxyl groups is 1. The minimum Gasteiger partial charge on any atom is -0.388 e. The van der Waals surface area contributed by atoms with Gasteiger partial charge in [0.25, 0.3) is 0 Å². The molecule has 1 aliphatic carbocycles. The van der Waals surface area contributed by atoms with Crippen LogP contribution < -0.4 is 0 Å². The first-order valence-corrected chi connectivity index (χ1v) is 10.8. The fourth-order valence-corrected chi connectivity index (χ4v) is 9.93. The third-order valence-corrected chi connectivity index (χ3v) is 11.4. The van der Waals surface area contributed by atoms with Crippen LogP contribution in [0, 0.1) is 0 Å². The van der Waals surface area contributed by atoms with E-state index in [1.165, 1.54) is 32.1 Å². The summed E-state index contributed by atoms with van der Waals surface area (Å²) in [7, 11) is -1.63. The molecule has 1 saturated carbocycles. The molecule has 1 aliphatic heterocycles. The summed E-state index contributed by atoms with van der Waals surface area (Å²) < 4.78 is 6.32. The van der Waals surface area contributed by atoms with Crippen molar-refractivity contribution in [3.8, 4) is 0 Å². The van der Waals surface area contributed by atoms with Gasteiger partial charge in [-0.15, -0.1) is 0 Å². The Kier molecular flexibility index (Phi) is 3.97. The Morgan fingerprint density at radius 3 is 2.17 bits per heavy atom. The summed E-state index contributed by atoms with van der Waals surface area (Å²) >= 11 is 0. The minimum atomic E-state index is -1.63. The number of rotatable bonds is 3. The molecule has 1 saturated heterocycles. The normalized spacial score (nSPS) is 31.8. The van der Waals surface area contributed by atoms with Crippen LogP contribution in [0.3, 0.4) is 0 Å². The fraction of sp³-hybridized carbons (Fsp3) is 1.00. The van der Waals surface area contributed by atoms with Crippen molar-refractivity contribution in [1.29, 1.82) is 0 Å². The van der Waals surface area contributed by atoms with Crippen LogP contribution in [0.1, 0.15) is 58.8 Å². The van der Waals surface area contributed by atoms with Gasteiger partial charge in [0.05, 0.1) is 18.9 Å². The number of hydrogen-bond donors (Lipinski definition) is 1. The van der Waals surface area contributed by atoms with E-state index in [9.17, 15) is 5.11 Å². The number of ether oxygens (including phenoxy) is 1. The summed E-state index contributed by atoms with van der Waals surface area (Å²) in [5.74, 6) is 0. The van der Waals surface area contributed by atoms with Crippen molar-refractivity contribution >= 4 is 8.07 Å². The van der Waals surface area contributed by atoms with E-state index < -0.39 is 13.7 Å². The van der Waals surface area contributed by atoms with Gasteiger partial charge < -0.3 is 9.84 Å². The van der Waals surface area contributed by atoms with Gasteiger partial charge in [-0.3, -0.25) is 0 Å². The molecule has 2 nitrogen and oxygen atoms in total. The Bertz CT molecular complexity index is 281. The Morgan fingerprint density at radius 2 is 1.72 bits per heavy atom. The van der Waals surface area contributed by atoms with Crippen molar-refractivity contribution in [2.75, 3.05) is 6.61 Å². The Hall–Kier alpha value is 0.137. The van der Waals surface area contributed by atoms with Crippen LogP contribution >= 0.6 is 0 Å². The van der Waals surface area contributed by atoms with Gasteiger partial charge in [0.2, 0.25) is 0 Å². The molecule has 3 heteroatoms. The van der Waals surface area contributed by atoms with E-state index in [1.807, 2.05) is 13.8 Å². The number of hydrogen-bond acceptors (Lipinski definition) is 2. The first-order valence-electron chi connectivity index (χ1n) is 7.68. The third-order valence-electron chi connectivity index (χ3n) is 5.68. The molecule has 2 rings (SSSR count). The quantitative estimate of drug-likeness (QED) is 0.788. The van der Waals surface area contributed by atoms with Crippen molar-refractivity contribution < 1.29 is 9.84 Å². The van der Waals surface area contributed by atoms with Gasteiger partial charge in [-0.2, -0.15) is 0 Å². The Labute approximate surface area is 113 Å². The lowest BCUT2D eigenvalue weighted by Crippen LogP contribution is -2.70. The molecule has 1 N–H and O–H groups in total. The van der Waals surface area contributed by atoms with Crippen LogP contribution in [-0.2, 0) is 4.74 Å². The molecule has 0 radical (unpaired) electrons. The van der Waals surface area contributed by atoms with Crippen molar-refractivity contribution in [1.82, 2.24) is 0 Å². The smallest absolute Gasteiger partial charge is 0.0922 e. The molecule has 1 heterocycles. The highest BCUT2D eigenvalue weighted by molar-refractivity contribution is 6.82. The van der Waals surface area contributed by atoms with Gasteiger partial charge in [-0.1, -0.05) is 38.8 Å². The zero-order chi connectivity index (χ0) is 13.4. The van der Waals surface area contributed by atoms with Crippen molar-refractivity contribution in [2.45, 2.75) is 88.3 Å². The highest BCUT2D eigenvalue weighted by Gasteiger charge is 2.59. The lowest BCUT2D eigenvalue weighted by atomic mass is 9.93. The topological polar surface area (TPSA) is 29.5 Å². The van der Waals surface area contributed by atoms with Crippen molar-refractivity contribution in [2.24, 2.45) is 0 Å². The van der Waals surface area contributed by atoms with E-state index >= 15 is 0 Å². The summed E-state index contributed by atoms with van der Waals surface area (Å²) in [4.78, 5) is 0. The van der Waals surface area contributed by atoms with E-state index in [-0.39, 0.29) is 5.22 Å². The molecule has 0 amide bonds. The fourth-order valence-electron chi connectivity index (χ4n) is 4.55. The van der Waals surface area contributed by atoms with E-state index in [2.05, 4.69) is 13.1 Å². The maximum Gasteiger partial charge on any atom is 0.0922 e. The van der Waals surface area contributed by atoms with Crippen molar-refractivity contribution in [3.05, 3.63) is 0 Å². The van der Waals surface area contributed by atoms with Gasteiger partial charge in [-0.25, -0.2) is 0 Å². The predicted molar refractivity (Wildman–Crippen MR) is 78.5 cm³/mol. The summed E-state index contributed by atoms with van der Waals surface area (Å²) in [6.07, 6.45) is 8.92. The molecule has 2 aliphatic rings. The van der Waals surface area contributed by atoms with Crippen molar-refractivity contribution in [3.63, 3.8) is 0 Å². The Morgan fingerprint density at radius 1 is 1.11 bits per heavy atom. The minimum absolute atomic E-state index is 0.229. The SMILES string of the molecule is CC(C)(O)C1([Si](C)(C)C2CCCC2)CCCCO1. The van der Waals surface area contributed by atoms with E-state index in [0.717, 1.165) is 25.0 Å². The maximum atomic E-state index is 10.8. The molecule has 0 spiro atoms.